The van der Waals surface area contributed by atoms with E-state index >= 15 is 0 Å². The minimum atomic E-state index is -2.78. The summed E-state index contributed by atoms with van der Waals surface area (Å²) in [6, 6.07) is 10.7. The molecule has 8 nitrogen and oxygen atoms in total. The molecule has 0 fully saturated rings. The average molecular weight is 613 g/mol. The quantitative estimate of drug-likeness (QED) is 0.178. The summed E-state index contributed by atoms with van der Waals surface area (Å²) in [6.45, 7) is 7.43. The van der Waals surface area contributed by atoms with Crippen molar-refractivity contribution in [1.82, 2.24) is 14.0 Å². The number of nitrogens with one attached hydrogen (secondary N) is 2. The minimum absolute atomic E-state index is 0.116. The van der Waals surface area contributed by atoms with Crippen molar-refractivity contribution < 1.29 is 17.8 Å². The molecule has 0 saturated heterocycles. The highest BCUT2D eigenvalue weighted by atomic mass is 35.5. The minimum Gasteiger partial charge on any atom is -0.598 e. The Kier molecular flexibility index (Phi) is 10.4. The first-order valence-electron chi connectivity index (χ1n) is 12.1. The van der Waals surface area contributed by atoms with Crippen LogP contribution in [0.1, 0.15) is 60.8 Å². The van der Waals surface area contributed by atoms with Crippen molar-refractivity contribution in [3.05, 3.63) is 91.3 Å². The maximum absolute atomic E-state index is 13.7. The maximum Gasteiger partial charge on any atom is 0.250 e. The summed E-state index contributed by atoms with van der Waals surface area (Å²) in [7, 11) is -1.18. The number of aryl methyl sites for hydroxylation is 1. The predicted octanol–water partition coefficient (Wildman–Crippen LogP) is 4.36. The Hall–Kier alpha value is -2.18. The second-order valence-electron chi connectivity index (χ2n) is 10.1. The summed E-state index contributed by atoms with van der Waals surface area (Å²) >= 11 is 11.2. The van der Waals surface area contributed by atoms with Crippen LogP contribution in [0, 0.1) is 0 Å². The topological polar surface area (TPSA) is 120 Å². The number of rotatable bonds is 10. The van der Waals surface area contributed by atoms with Gasteiger partial charge in [-0.2, -0.15) is 0 Å². The number of carbonyl (C=O) groups excluding carboxylic acids is 1. The Bertz CT molecular complexity index is 1490. The summed E-state index contributed by atoms with van der Waals surface area (Å²) in [4.78, 5) is 26.4. The smallest absolute Gasteiger partial charge is 0.250 e. The van der Waals surface area contributed by atoms with Crippen molar-refractivity contribution in [2.75, 3.05) is 6.54 Å². The average Bonchev–Trinajstić information content (AvgIpc) is 2.85. The molecule has 1 aromatic heterocycles. The Morgan fingerprint density at radius 2 is 1.74 bits per heavy atom. The zero-order chi connectivity index (χ0) is 29.1. The lowest BCUT2D eigenvalue weighted by Crippen LogP contribution is -2.41. The molecule has 2 N–H and O–H groups in total. The molecule has 2 atom stereocenters. The summed E-state index contributed by atoms with van der Waals surface area (Å²) in [5.74, 6) is -0.311. The van der Waals surface area contributed by atoms with Gasteiger partial charge in [-0.3, -0.25) is 9.59 Å². The third-order valence-electron chi connectivity index (χ3n) is 6.03. The molecular formula is C27H31Cl2N3O5S2. The normalized spacial score (nSPS) is 13.5. The fourth-order valence-corrected chi connectivity index (χ4v) is 5.37. The van der Waals surface area contributed by atoms with Crippen molar-refractivity contribution >= 4 is 51.2 Å². The number of carbonyl (C=O) groups is 1. The fraction of sp³-hybridized carbons (Fsp3) is 0.333. The SMILES string of the molecule is C[C@H](N[S+]([O-])C(C)(C)C)c1cc(=O)n(C)cc1-c1cc(CCN[SH](=O)=O)c(Cl)cc1C(=O)c1ccc(Cl)cc1. The lowest BCUT2D eigenvalue weighted by Gasteiger charge is -2.27. The van der Waals surface area contributed by atoms with Crippen molar-refractivity contribution in [1.29, 1.82) is 0 Å². The van der Waals surface area contributed by atoms with E-state index < -0.39 is 33.0 Å². The van der Waals surface area contributed by atoms with Crippen molar-refractivity contribution in [3.63, 3.8) is 0 Å². The van der Waals surface area contributed by atoms with E-state index in [4.69, 9.17) is 23.2 Å². The van der Waals surface area contributed by atoms with Crippen molar-refractivity contribution in [3.8, 4) is 11.1 Å². The van der Waals surface area contributed by atoms with Crippen LogP contribution in [0.15, 0.2) is 53.5 Å². The van der Waals surface area contributed by atoms with Crippen LogP contribution in [0.25, 0.3) is 11.1 Å². The summed E-state index contributed by atoms with van der Waals surface area (Å²) in [5.41, 5.74) is 2.64. The van der Waals surface area contributed by atoms with Crippen molar-refractivity contribution in [2.24, 2.45) is 7.05 Å². The van der Waals surface area contributed by atoms with Gasteiger partial charge in [-0.15, -0.1) is 4.72 Å². The monoisotopic (exact) mass is 611 g/mol. The number of nitrogens with zero attached hydrogens (tertiary/aromatic N) is 1. The number of halogens is 2. The lowest BCUT2D eigenvalue weighted by atomic mass is 9.89. The number of hydrogen-bond donors (Lipinski definition) is 3. The van der Waals surface area contributed by atoms with Crippen molar-refractivity contribution in [2.45, 2.75) is 44.9 Å². The largest absolute Gasteiger partial charge is 0.598 e. The third kappa shape index (κ3) is 7.94. The van der Waals surface area contributed by atoms with Gasteiger partial charge in [-0.1, -0.05) is 23.2 Å². The van der Waals surface area contributed by atoms with E-state index in [1.165, 1.54) is 10.6 Å². The van der Waals surface area contributed by atoms with Gasteiger partial charge in [-0.05, 0) is 87.2 Å². The molecule has 0 amide bonds. The molecule has 2 aromatic carbocycles. The van der Waals surface area contributed by atoms with Gasteiger partial charge in [0.2, 0.25) is 10.9 Å². The molecule has 0 aliphatic carbocycles. The highest BCUT2D eigenvalue weighted by molar-refractivity contribution is 7.90. The number of benzene rings is 2. The second-order valence-corrected chi connectivity index (χ2v) is 13.7. The van der Waals surface area contributed by atoms with E-state index in [0.29, 0.717) is 37.9 Å². The van der Waals surface area contributed by atoms with E-state index in [1.807, 2.05) is 20.8 Å². The van der Waals surface area contributed by atoms with E-state index in [0.717, 1.165) is 0 Å². The Morgan fingerprint density at radius 1 is 1.10 bits per heavy atom. The molecule has 0 aliphatic rings. The van der Waals surface area contributed by atoms with Gasteiger partial charge in [0.25, 0.3) is 5.56 Å². The van der Waals surface area contributed by atoms with Crippen LogP contribution < -0.4 is 15.0 Å². The van der Waals surface area contributed by atoms with Gasteiger partial charge in [0, 0.05) is 64.0 Å². The molecule has 3 rings (SSSR count). The number of thiol groups is 1. The molecule has 1 heterocycles. The van der Waals surface area contributed by atoms with Crippen LogP contribution in [0.5, 0.6) is 0 Å². The number of ketones is 1. The van der Waals surface area contributed by atoms with Crippen LogP contribution in [-0.4, -0.2) is 34.6 Å². The lowest BCUT2D eigenvalue weighted by molar-refractivity contribution is 0.103. The Morgan fingerprint density at radius 3 is 2.33 bits per heavy atom. The molecule has 210 valence electrons. The van der Waals surface area contributed by atoms with Gasteiger partial charge in [0.1, 0.15) is 4.75 Å². The van der Waals surface area contributed by atoms with Gasteiger partial charge >= 0.3 is 0 Å². The molecule has 39 heavy (non-hydrogen) atoms. The first-order valence-corrected chi connectivity index (χ1v) is 15.2. The zero-order valence-electron chi connectivity index (χ0n) is 22.2. The van der Waals surface area contributed by atoms with Crippen LogP contribution in [0.3, 0.4) is 0 Å². The zero-order valence-corrected chi connectivity index (χ0v) is 25.4. The predicted molar refractivity (Wildman–Crippen MR) is 158 cm³/mol. The van der Waals surface area contributed by atoms with Gasteiger partial charge in [0.05, 0.1) is 6.04 Å². The van der Waals surface area contributed by atoms with Crippen LogP contribution in [0.2, 0.25) is 10.0 Å². The number of pyridine rings is 1. The fourth-order valence-electron chi connectivity index (χ4n) is 3.89. The summed E-state index contributed by atoms with van der Waals surface area (Å²) in [6.07, 6.45) is 1.90. The van der Waals surface area contributed by atoms with Gasteiger partial charge < -0.3 is 9.12 Å². The molecule has 12 heteroatoms. The highest BCUT2D eigenvalue weighted by Crippen LogP contribution is 2.35. The number of aromatic nitrogens is 1. The molecule has 0 bridgehead atoms. The molecule has 0 aliphatic heterocycles. The number of hydrogen-bond acceptors (Lipinski definition) is 6. The van der Waals surface area contributed by atoms with Gasteiger partial charge in [0.15, 0.2) is 5.78 Å². The third-order valence-corrected chi connectivity index (χ3v) is 8.80. The molecule has 0 spiro atoms. The molecule has 0 radical (unpaired) electrons. The standard InChI is InChI=1S/C27H31Cl2N3O5S2/c1-16(31-38(35)27(2,3)4)20-14-25(33)32(5)15-23(20)21-12-18(10-11-30-39(36)37)24(29)13-22(21)26(34)17-6-8-19(28)9-7-17/h6-9,12-16,31,39H,10-11H2,1-5H3,(H,30,36,37)/t16-,38?/m0/s1. The summed E-state index contributed by atoms with van der Waals surface area (Å²) < 4.78 is 41.2. The van der Waals surface area contributed by atoms with E-state index in [-0.39, 0.29) is 29.9 Å². The highest BCUT2D eigenvalue weighted by Gasteiger charge is 2.30. The van der Waals surface area contributed by atoms with E-state index in [9.17, 15) is 22.6 Å². The molecule has 0 saturated carbocycles. The van der Waals surface area contributed by atoms with E-state index in [1.54, 1.807) is 56.6 Å². The van der Waals surface area contributed by atoms with Gasteiger partial charge in [-0.25, -0.2) is 13.1 Å². The summed E-state index contributed by atoms with van der Waals surface area (Å²) in [5, 5.41) is 0.779. The first kappa shape index (κ1) is 31.3. The maximum atomic E-state index is 13.7. The van der Waals surface area contributed by atoms with Crippen LogP contribution in [-0.2, 0) is 35.7 Å². The first-order chi connectivity index (χ1) is 18.2. The Balaban J connectivity index is 2.24. The molecule has 3 aromatic rings. The molecular weight excluding hydrogens is 581 g/mol. The van der Waals surface area contributed by atoms with E-state index in [2.05, 4.69) is 9.44 Å². The molecule has 1 unspecified atom stereocenters. The second kappa shape index (κ2) is 13.0. The van der Waals surface area contributed by atoms with Crippen LogP contribution >= 0.6 is 23.2 Å². The van der Waals surface area contributed by atoms with Crippen LogP contribution in [0.4, 0.5) is 0 Å². The Labute approximate surface area is 243 Å².